The second-order valence-corrected chi connectivity index (χ2v) is 7.84. The zero-order valence-corrected chi connectivity index (χ0v) is 13.3. The summed E-state index contributed by atoms with van der Waals surface area (Å²) >= 11 is 0. The number of nitrogens with zero attached hydrogens (tertiary/aromatic N) is 1. The SMILES string of the molecule is Cc1ccc(S(=O)(=O)N2CCC(C)C(C)C2)cc1CN. The van der Waals surface area contributed by atoms with Crippen LogP contribution in [-0.4, -0.2) is 25.8 Å². The van der Waals surface area contributed by atoms with Crippen LogP contribution in [0.15, 0.2) is 23.1 Å². The summed E-state index contributed by atoms with van der Waals surface area (Å²) in [6.45, 7) is 7.83. The maximum absolute atomic E-state index is 12.7. The number of hydrogen-bond acceptors (Lipinski definition) is 3. The Kier molecular flexibility index (Phi) is 4.52. The highest BCUT2D eigenvalue weighted by atomic mass is 32.2. The number of piperidine rings is 1. The molecule has 0 bridgehead atoms. The van der Waals surface area contributed by atoms with Gasteiger partial charge in [-0.25, -0.2) is 8.42 Å². The maximum atomic E-state index is 12.7. The molecule has 5 heteroatoms. The van der Waals surface area contributed by atoms with E-state index in [0.717, 1.165) is 17.5 Å². The van der Waals surface area contributed by atoms with Crippen molar-refractivity contribution < 1.29 is 8.42 Å². The quantitative estimate of drug-likeness (QED) is 0.929. The van der Waals surface area contributed by atoms with Gasteiger partial charge in [0.15, 0.2) is 0 Å². The van der Waals surface area contributed by atoms with Gasteiger partial charge in [0.05, 0.1) is 4.90 Å². The molecule has 0 aromatic heterocycles. The maximum Gasteiger partial charge on any atom is 0.243 e. The van der Waals surface area contributed by atoms with Crippen LogP contribution in [0.5, 0.6) is 0 Å². The molecule has 1 fully saturated rings. The molecule has 0 spiro atoms. The summed E-state index contributed by atoms with van der Waals surface area (Å²) in [6, 6.07) is 5.24. The van der Waals surface area contributed by atoms with E-state index in [1.54, 1.807) is 16.4 Å². The molecule has 1 aromatic rings. The molecule has 0 amide bonds. The lowest BCUT2D eigenvalue weighted by Crippen LogP contribution is -2.42. The number of sulfonamides is 1. The monoisotopic (exact) mass is 296 g/mol. The zero-order chi connectivity index (χ0) is 14.9. The Hall–Kier alpha value is -0.910. The Morgan fingerprint density at radius 3 is 2.60 bits per heavy atom. The van der Waals surface area contributed by atoms with Crippen molar-refractivity contribution in [3.8, 4) is 0 Å². The van der Waals surface area contributed by atoms with E-state index < -0.39 is 10.0 Å². The molecule has 20 heavy (non-hydrogen) atoms. The van der Waals surface area contributed by atoms with Crippen molar-refractivity contribution in [3.63, 3.8) is 0 Å². The second-order valence-electron chi connectivity index (χ2n) is 5.90. The summed E-state index contributed by atoms with van der Waals surface area (Å²) in [6.07, 6.45) is 0.927. The smallest absolute Gasteiger partial charge is 0.243 e. The third-order valence-electron chi connectivity index (χ3n) is 4.48. The van der Waals surface area contributed by atoms with Gasteiger partial charge in [-0.2, -0.15) is 4.31 Å². The molecule has 2 unspecified atom stereocenters. The van der Waals surface area contributed by atoms with Crippen molar-refractivity contribution in [1.29, 1.82) is 0 Å². The summed E-state index contributed by atoms with van der Waals surface area (Å²) < 4.78 is 27.0. The lowest BCUT2D eigenvalue weighted by molar-refractivity contribution is 0.212. The van der Waals surface area contributed by atoms with Gasteiger partial charge < -0.3 is 5.73 Å². The highest BCUT2D eigenvalue weighted by molar-refractivity contribution is 7.89. The number of hydrogen-bond donors (Lipinski definition) is 1. The van der Waals surface area contributed by atoms with E-state index in [9.17, 15) is 8.42 Å². The van der Waals surface area contributed by atoms with E-state index in [4.69, 9.17) is 5.73 Å². The van der Waals surface area contributed by atoms with Crippen LogP contribution in [0.4, 0.5) is 0 Å². The van der Waals surface area contributed by atoms with Crippen LogP contribution in [-0.2, 0) is 16.6 Å². The van der Waals surface area contributed by atoms with Crippen LogP contribution in [0.1, 0.15) is 31.4 Å². The van der Waals surface area contributed by atoms with Gasteiger partial charge in [0, 0.05) is 19.6 Å². The Morgan fingerprint density at radius 2 is 2.00 bits per heavy atom. The summed E-state index contributed by atoms with van der Waals surface area (Å²) in [4.78, 5) is 0.366. The lowest BCUT2D eigenvalue weighted by atomic mass is 9.90. The van der Waals surface area contributed by atoms with Gasteiger partial charge in [0.1, 0.15) is 0 Å². The third-order valence-corrected chi connectivity index (χ3v) is 6.34. The zero-order valence-electron chi connectivity index (χ0n) is 12.5. The van der Waals surface area contributed by atoms with Crippen LogP contribution in [0.3, 0.4) is 0 Å². The summed E-state index contributed by atoms with van der Waals surface area (Å²) in [7, 11) is -3.39. The molecule has 1 aromatic carbocycles. The molecule has 2 rings (SSSR count). The molecule has 1 saturated heterocycles. The molecule has 4 nitrogen and oxygen atoms in total. The Bertz CT molecular complexity index is 584. The van der Waals surface area contributed by atoms with Crippen molar-refractivity contribution in [2.75, 3.05) is 13.1 Å². The summed E-state index contributed by atoms with van der Waals surface area (Å²) in [5.74, 6) is 0.983. The lowest BCUT2D eigenvalue weighted by Gasteiger charge is -2.34. The molecule has 112 valence electrons. The first kappa shape index (κ1) is 15.5. The third kappa shape index (κ3) is 2.90. The molecular formula is C15H24N2O2S. The van der Waals surface area contributed by atoms with Crippen LogP contribution in [0, 0.1) is 18.8 Å². The first-order valence-corrected chi connectivity index (χ1v) is 8.60. The minimum atomic E-state index is -3.39. The topological polar surface area (TPSA) is 63.4 Å². The molecule has 1 aliphatic heterocycles. The number of aryl methyl sites for hydroxylation is 1. The van der Waals surface area contributed by atoms with Crippen molar-refractivity contribution in [2.45, 2.75) is 38.6 Å². The Balaban J connectivity index is 2.31. The van der Waals surface area contributed by atoms with Crippen LogP contribution < -0.4 is 5.73 Å². The van der Waals surface area contributed by atoms with Gasteiger partial charge in [0.25, 0.3) is 0 Å². The van der Waals surface area contributed by atoms with Gasteiger partial charge in [-0.15, -0.1) is 0 Å². The van der Waals surface area contributed by atoms with Crippen LogP contribution >= 0.6 is 0 Å². The summed E-state index contributed by atoms with van der Waals surface area (Å²) in [5.41, 5.74) is 7.60. The fourth-order valence-electron chi connectivity index (χ4n) is 2.62. The Morgan fingerprint density at radius 1 is 1.30 bits per heavy atom. The fraction of sp³-hybridized carbons (Fsp3) is 0.600. The molecule has 2 N–H and O–H groups in total. The first-order chi connectivity index (χ1) is 9.36. The second kappa shape index (κ2) is 5.84. The largest absolute Gasteiger partial charge is 0.326 e. The van der Waals surface area contributed by atoms with Gasteiger partial charge in [-0.1, -0.05) is 19.9 Å². The minimum Gasteiger partial charge on any atom is -0.326 e. The predicted octanol–water partition coefficient (Wildman–Crippen LogP) is 2.12. The molecule has 0 saturated carbocycles. The standard InChI is InChI=1S/C15H24N2O2S/c1-11-6-7-17(10-13(11)3)20(18,19)15-5-4-12(2)14(8-15)9-16/h4-5,8,11,13H,6-7,9-10,16H2,1-3H3. The van der Waals surface area contributed by atoms with E-state index in [2.05, 4.69) is 13.8 Å². The average molecular weight is 296 g/mol. The molecular weight excluding hydrogens is 272 g/mol. The molecule has 0 aliphatic carbocycles. The van der Waals surface area contributed by atoms with Gasteiger partial charge >= 0.3 is 0 Å². The van der Waals surface area contributed by atoms with E-state index >= 15 is 0 Å². The van der Waals surface area contributed by atoms with Crippen LogP contribution in [0.2, 0.25) is 0 Å². The van der Waals surface area contributed by atoms with Crippen LogP contribution in [0.25, 0.3) is 0 Å². The molecule has 2 atom stereocenters. The van der Waals surface area contributed by atoms with E-state index in [1.807, 2.05) is 13.0 Å². The molecule has 1 aliphatic rings. The number of benzene rings is 1. The highest BCUT2D eigenvalue weighted by Gasteiger charge is 2.31. The van der Waals surface area contributed by atoms with E-state index in [-0.39, 0.29) is 0 Å². The number of nitrogens with two attached hydrogens (primary N) is 1. The van der Waals surface area contributed by atoms with Gasteiger partial charge in [-0.3, -0.25) is 0 Å². The normalized spacial score (nSPS) is 24.8. The van der Waals surface area contributed by atoms with Crippen molar-refractivity contribution >= 4 is 10.0 Å². The average Bonchev–Trinajstić information content (AvgIpc) is 2.42. The van der Waals surface area contributed by atoms with Gasteiger partial charge in [0.2, 0.25) is 10.0 Å². The van der Waals surface area contributed by atoms with Crippen molar-refractivity contribution in [2.24, 2.45) is 17.6 Å². The summed E-state index contributed by atoms with van der Waals surface area (Å²) in [5, 5.41) is 0. The predicted molar refractivity (Wildman–Crippen MR) is 80.8 cm³/mol. The highest BCUT2D eigenvalue weighted by Crippen LogP contribution is 2.28. The first-order valence-electron chi connectivity index (χ1n) is 7.16. The van der Waals surface area contributed by atoms with E-state index in [0.29, 0.717) is 36.4 Å². The number of rotatable bonds is 3. The molecule has 1 heterocycles. The molecule has 0 radical (unpaired) electrons. The van der Waals surface area contributed by atoms with E-state index in [1.165, 1.54) is 0 Å². The fourth-order valence-corrected chi connectivity index (χ4v) is 4.23. The van der Waals surface area contributed by atoms with Gasteiger partial charge in [-0.05, 0) is 48.4 Å². The Labute approximate surface area is 122 Å². The van der Waals surface area contributed by atoms with Crippen molar-refractivity contribution in [3.05, 3.63) is 29.3 Å². The van der Waals surface area contributed by atoms with Crippen molar-refractivity contribution in [1.82, 2.24) is 4.31 Å². The minimum absolute atomic E-state index is 0.364.